The van der Waals surface area contributed by atoms with Crippen molar-refractivity contribution in [1.29, 1.82) is 0 Å². The summed E-state index contributed by atoms with van der Waals surface area (Å²) < 4.78 is 5.80. The molecule has 0 aromatic heterocycles. The van der Waals surface area contributed by atoms with Crippen LogP contribution in [0.25, 0.3) is 0 Å². The maximum Gasteiger partial charge on any atom is 0.311 e. The lowest BCUT2D eigenvalue weighted by Gasteiger charge is -2.14. The molecule has 2 heterocycles. The monoisotopic (exact) mass is 424 g/mol. The van der Waals surface area contributed by atoms with Crippen LogP contribution in [0.3, 0.4) is 0 Å². The van der Waals surface area contributed by atoms with E-state index in [4.69, 9.17) is 4.74 Å². The number of benzene rings is 2. The highest BCUT2D eigenvalue weighted by Gasteiger charge is 2.25. The van der Waals surface area contributed by atoms with Gasteiger partial charge in [0, 0.05) is 35.7 Å². The van der Waals surface area contributed by atoms with Crippen molar-refractivity contribution in [2.45, 2.75) is 44.9 Å². The van der Waals surface area contributed by atoms with Crippen LogP contribution in [0.5, 0.6) is 11.5 Å². The molecule has 0 amide bonds. The number of ether oxygens (including phenoxy) is 1. The van der Waals surface area contributed by atoms with Crippen LogP contribution in [-0.4, -0.2) is 33.5 Å². The van der Waals surface area contributed by atoms with E-state index in [2.05, 4.69) is 9.98 Å². The predicted molar refractivity (Wildman–Crippen MR) is 113 cm³/mol. The first-order chi connectivity index (χ1) is 14.9. The van der Waals surface area contributed by atoms with E-state index in [1.807, 2.05) is 0 Å². The minimum Gasteiger partial charge on any atom is -0.502 e. The van der Waals surface area contributed by atoms with E-state index in [-0.39, 0.29) is 28.2 Å². The van der Waals surface area contributed by atoms with Gasteiger partial charge in [-0.2, -0.15) is 0 Å². The van der Waals surface area contributed by atoms with E-state index < -0.39 is 4.92 Å². The summed E-state index contributed by atoms with van der Waals surface area (Å²) in [7, 11) is 0. The van der Waals surface area contributed by atoms with Crippen LogP contribution in [0.15, 0.2) is 34.3 Å². The average molecular weight is 424 g/mol. The molecular formula is C21H20N4O6. The molecule has 31 heavy (non-hydrogen) atoms. The number of phenols is 1. The van der Waals surface area contributed by atoms with E-state index in [1.165, 1.54) is 12.1 Å². The highest BCUT2D eigenvalue weighted by molar-refractivity contribution is 5.87. The molecule has 10 heteroatoms. The average Bonchev–Trinajstić information content (AvgIpc) is 3.48. The molecular weight excluding hydrogens is 404 g/mol. The highest BCUT2D eigenvalue weighted by Crippen LogP contribution is 2.35. The standard InChI is InChI=1S/C13H14N2O3.C8H6N2O3/c16-15(17)12-5-9-7-14-8-10(9)6-13(12)18-11-3-1-2-4-11;11-8-2-6-4-9-3-5(6)1-7(8)10(12)13/h5-7,11H,1-4,8H2;1-3,11H,4H2. The predicted octanol–water partition coefficient (Wildman–Crippen LogP) is 4.08. The lowest BCUT2D eigenvalue weighted by molar-refractivity contribution is -0.386. The normalized spacial score (nSPS) is 15.9. The largest absolute Gasteiger partial charge is 0.502 e. The summed E-state index contributed by atoms with van der Waals surface area (Å²) in [6.45, 7) is 1.08. The van der Waals surface area contributed by atoms with Crippen LogP contribution >= 0.6 is 0 Å². The molecule has 0 unspecified atom stereocenters. The molecule has 1 saturated carbocycles. The van der Waals surface area contributed by atoms with Crippen LogP contribution in [-0.2, 0) is 13.1 Å². The molecule has 2 aromatic carbocycles. The maximum atomic E-state index is 11.1. The Morgan fingerprint density at radius 3 is 2.00 bits per heavy atom. The van der Waals surface area contributed by atoms with Gasteiger partial charge >= 0.3 is 11.4 Å². The summed E-state index contributed by atoms with van der Waals surface area (Å²) in [5.41, 5.74) is 3.16. The number of aliphatic imine (C=N–C) groups is 2. The number of phenolic OH excluding ortho intramolecular Hbond substituents is 1. The van der Waals surface area contributed by atoms with Crippen LogP contribution in [0.1, 0.15) is 47.9 Å². The van der Waals surface area contributed by atoms with Crippen LogP contribution in [0, 0.1) is 20.2 Å². The Kier molecular flexibility index (Phi) is 5.61. The lowest BCUT2D eigenvalue weighted by atomic mass is 10.1. The van der Waals surface area contributed by atoms with Crippen LogP contribution in [0.4, 0.5) is 11.4 Å². The molecule has 3 aliphatic rings. The Hall–Kier alpha value is -3.82. The number of nitro groups is 2. The van der Waals surface area contributed by atoms with Crippen LogP contribution in [0.2, 0.25) is 0 Å². The molecule has 2 aromatic rings. The van der Waals surface area contributed by atoms with Crippen molar-refractivity contribution >= 4 is 23.8 Å². The molecule has 2 aliphatic heterocycles. The number of fused-ring (bicyclic) bond motifs is 2. The number of hydrogen-bond acceptors (Lipinski definition) is 8. The van der Waals surface area contributed by atoms with Gasteiger partial charge in [0.2, 0.25) is 0 Å². The zero-order valence-electron chi connectivity index (χ0n) is 16.6. The van der Waals surface area contributed by atoms with Crippen molar-refractivity contribution in [3.8, 4) is 11.5 Å². The van der Waals surface area contributed by atoms with Gasteiger partial charge in [-0.15, -0.1) is 0 Å². The van der Waals surface area contributed by atoms with Gasteiger partial charge in [0.1, 0.15) is 0 Å². The second-order valence-electron chi connectivity index (χ2n) is 7.54. The number of aromatic hydroxyl groups is 1. The Balaban J connectivity index is 0.000000158. The van der Waals surface area contributed by atoms with Crippen LogP contribution < -0.4 is 4.74 Å². The molecule has 0 radical (unpaired) electrons. The first-order valence-electron chi connectivity index (χ1n) is 9.90. The summed E-state index contributed by atoms with van der Waals surface area (Å²) >= 11 is 0. The molecule has 0 spiro atoms. The molecule has 1 N–H and O–H groups in total. The smallest absolute Gasteiger partial charge is 0.311 e. The first kappa shape index (κ1) is 20.5. The van der Waals surface area contributed by atoms with Crippen molar-refractivity contribution < 1.29 is 19.7 Å². The molecule has 0 atom stereocenters. The number of rotatable bonds is 4. The maximum absolute atomic E-state index is 11.1. The van der Waals surface area contributed by atoms with E-state index in [0.29, 0.717) is 24.4 Å². The lowest BCUT2D eigenvalue weighted by Crippen LogP contribution is -2.12. The second-order valence-corrected chi connectivity index (χ2v) is 7.54. The van der Waals surface area contributed by atoms with Gasteiger partial charge in [0.25, 0.3) is 0 Å². The van der Waals surface area contributed by atoms with Gasteiger partial charge in [0.15, 0.2) is 11.5 Å². The van der Waals surface area contributed by atoms with Crippen molar-refractivity contribution in [3.63, 3.8) is 0 Å². The third-order valence-corrected chi connectivity index (χ3v) is 5.43. The van der Waals surface area contributed by atoms with Gasteiger partial charge in [0.05, 0.1) is 29.0 Å². The zero-order valence-corrected chi connectivity index (χ0v) is 16.6. The van der Waals surface area contributed by atoms with E-state index in [1.54, 1.807) is 24.6 Å². The molecule has 5 rings (SSSR count). The Morgan fingerprint density at radius 2 is 1.42 bits per heavy atom. The number of nitro benzene ring substituents is 2. The molecule has 160 valence electrons. The highest BCUT2D eigenvalue weighted by atomic mass is 16.6. The SMILES string of the molecule is O=[N+]([O-])c1cc2c(cc1O)CN=C2.O=[N+]([O-])c1cc2c(cc1OC1CCCC1)CN=C2. The molecule has 1 aliphatic carbocycles. The van der Waals surface area contributed by atoms with Gasteiger partial charge in [-0.05, 0) is 48.9 Å². The van der Waals surface area contributed by atoms with Gasteiger partial charge in [-0.1, -0.05) is 0 Å². The summed E-state index contributed by atoms with van der Waals surface area (Å²) in [5.74, 6) is 0.102. The Bertz CT molecular complexity index is 1110. The van der Waals surface area contributed by atoms with Gasteiger partial charge in [-0.25, -0.2) is 0 Å². The van der Waals surface area contributed by atoms with Crippen molar-refractivity contribution in [2.75, 3.05) is 0 Å². The molecule has 10 nitrogen and oxygen atoms in total. The number of hydrogen-bond donors (Lipinski definition) is 1. The van der Waals surface area contributed by atoms with E-state index in [9.17, 15) is 25.3 Å². The van der Waals surface area contributed by atoms with Crippen molar-refractivity contribution in [2.24, 2.45) is 9.98 Å². The van der Waals surface area contributed by atoms with Gasteiger partial charge in [-0.3, -0.25) is 30.2 Å². The Labute approximate surface area is 177 Å². The summed E-state index contributed by atoms with van der Waals surface area (Å²) in [6, 6.07) is 6.07. The number of nitrogens with zero attached hydrogens (tertiary/aromatic N) is 4. The fraction of sp³-hybridized carbons (Fsp3) is 0.333. The topological polar surface area (TPSA) is 140 Å². The van der Waals surface area contributed by atoms with Gasteiger partial charge < -0.3 is 9.84 Å². The molecule has 0 bridgehead atoms. The van der Waals surface area contributed by atoms with E-state index in [0.717, 1.165) is 42.4 Å². The van der Waals surface area contributed by atoms with Crippen molar-refractivity contribution in [3.05, 3.63) is 66.7 Å². The third kappa shape index (κ3) is 4.37. The summed E-state index contributed by atoms with van der Waals surface area (Å²) in [6.07, 6.45) is 7.65. The molecule has 1 fully saturated rings. The minimum absolute atomic E-state index is 0.0500. The Morgan fingerprint density at radius 1 is 0.871 bits per heavy atom. The zero-order chi connectivity index (χ0) is 22.0. The first-order valence-corrected chi connectivity index (χ1v) is 9.90. The van der Waals surface area contributed by atoms with Crippen molar-refractivity contribution in [1.82, 2.24) is 0 Å². The molecule has 0 saturated heterocycles. The quantitative estimate of drug-likeness (QED) is 0.579. The minimum atomic E-state index is -0.609. The van der Waals surface area contributed by atoms with E-state index >= 15 is 0 Å². The second kappa shape index (κ2) is 8.50. The fourth-order valence-corrected chi connectivity index (χ4v) is 3.83. The summed E-state index contributed by atoms with van der Waals surface area (Å²) in [5, 5.41) is 30.7. The fourth-order valence-electron chi connectivity index (χ4n) is 3.83. The summed E-state index contributed by atoms with van der Waals surface area (Å²) in [4.78, 5) is 28.6. The third-order valence-electron chi connectivity index (χ3n) is 5.43.